The Morgan fingerprint density at radius 2 is 1.60 bits per heavy atom. The molecule has 0 unspecified atom stereocenters. The van der Waals surface area contributed by atoms with Gasteiger partial charge in [0.05, 0.1) is 0 Å². The molecule has 1 aliphatic heterocycles. The molecule has 5 heavy (non-hydrogen) atoms. The summed E-state index contributed by atoms with van der Waals surface area (Å²) in [7, 11) is 0. The van der Waals surface area contributed by atoms with Crippen LogP contribution in [0.3, 0.4) is 0 Å². The number of rotatable bonds is 0. The quantitative estimate of drug-likeness (QED) is 0.376. The first-order valence-electron chi connectivity index (χ1n) is 1.41. The van der Waals surface area contributed by atoms with Crippen molar-refractivity contribution in [2.45, 2.75) is 0 Å². The van der Waals surface area contributed by atoms with E-state index in [1.807, 2.05) is 0 Å². The lowest BCUT2D eigenvalue weighted by atomic mass is 10.8. The molecular weight excluding hydrogens is 72.0 g/mol. The van der Waals surface area contributed by atoms with E-state index in [1.165, 1.54) is 0 Å². The molecule has 0 atom stereocenters. The fourth-order valence-electron chi connectivity index (χ4n) is 0.170. The van der Waals surface area contributed by atoms with Gasteiger partial charge in [-0.2, -0.15) is 0 Å². The van der Waals surface area contributed by atoms with Gasteiger partial charge in [-0.25, -0.2) is 9.78 Å². The van der Waals surface area contributed by atoms with Crippen molar-refractivity contribution in [1.29, 1.82) is 0 Å². The van der Waals surface area contributed by atoms with E-state index < -0.39 is 0 Å². The SMILES string of the molecule is C1COOO1. The molecule has 1 saturated heterocycles. The van der Waals surface area contributed by atoms with E-state index in [0.717, 1.165) is 0 Å². The van der Waals surface area contributed by atoms with Crippen LogP contribution in [0.25, 0.3) is 0 Å². The highest BCUT2D eigenvalue weighted by atomic mass is 17.5. The molecule has 0 aromatic carbocycles. The maximum Gasteiger partial charge on any atom is 0.112 e. The molecule has 1 heterocycles. The molecule has 0 aromatic rings. The molecule has 1 aliphatic rings. The molecule has 0 saturated carbocycles. The zero-order chi connectivity index (χ0) is 3.54. The lowest BCUT2D eigenvalue weighted by Crippen LogP contribution is -1.79. The van der Waals surface area contributed by atoms with Crippen LogP contribution in [0.1, 0.15) is 0 Å². The van der Waals surface area contributed by atoms with E-state index in [-0.39, 0.29) is 0 Å². The van der Waals surface area contributed by atoms with E-state index >= 15 is 0 Å². The second-order valence-corrected chi connectivity index (χ2v) is 0.712. The Hall–Kier alpha value is -0.120. The van der Waals surface area contributed by atoms with Crippen molar-refractivity contribution in [3.63, 3.8) is 0 Å². The summed E-state index contributed by atoms with van der Waals surface area (Å²) in [5.41, 5.74) is 0. The average Bonchev–Trinajstić information content (AvgIpc) is 1.76. The van der Waals surface area contributed by atoms with E-state index in [9.17, 15) is 0 Å². The standard InChI is InChI=1S/C2H4O3/c1-2-4-5-3-1/h1-2H2. The van der Waals surface area contributed by atoms with Gasteiger partial charge in [-0.05, 0) is 0 Å². The lowest BCUT2D eigenvalue weighted by Gasteiger charge is -1.75. The summed E-state index contributed by atoms with van der Waals surface area (Å²) in [5, 5.41) is 3.94. The maximum absolute atomic E-state index is 4.22. The van der Waals surface area contributed by atoms with Gasteiger partial charge in [0.15, 0.2) is 0 Å². The van der Waals surface area contributed by atoms with Gasteiger partial charge in [0.2, 0.25) is 0 Å². The van der Waals surface area contributed by atoms with Crippen molar-refractivity contribution in [2.24, 2.45) is 0 Å². The Kier molecular flexibility index (Phi) is 0.834. The van der Waals surface area contributed by atoms with Gasteiger partial charge in [0.1, 0.15) is 13.2 Å². The minimum Gasteiger partial charge on any atom is -0.204 e. The highest BCUT2D eigenvalue weighted by Crippen LogP contribution is 1.88. The Bertz CT molecular complexity index is 16.5. The van der Waals surface area contributed by atoms with Gasteiger partial charge in [0, 0.05) is 0 Å². The number of hydrogen-bond donors (Lipinski definition) is 0. The average molecular weight is 76.1 g/mol. The van der Waals surface area contributed by atoms with E-state index in [2.05, 4.69) is 14.8 Å². The summed E-state index contributed by atoms with van der Waals surface area (Å²) in [4.78, 5) is 8.44. The smallest absolute Gasteiger partial charge is 0.112 e. The van der Waals surface area contributed by atoms with Gasteiger partial charge >= 0.3 is 0 Å². The molecule has 0 radical (unpaired) electrons. The van der Waals surface area contributed by atoms with Crippen LogP contribution in [0.15, 0.2) is 0 Å². The van der Waals surface area contributed by atoms with Crippen molar-refractivity contribution in [2.75, 3.05) is 13.2 Å². The predicted molar refractivity (Wildman–Crippen MR) is 13.0 cm³/mol. The zero-order valence-corrected chi connectivity index (χ0v) is 2.64. The highest BCUT2D eigenvalue weighted by molar-refractivity contribution is 4.17. The van der Waals surface area contributed by atoms with Gasteiger partial charge in [-0.1, -0.05) is 5.04 Å². The lowest BCUT2D eigenvalue weighted by molar-refractivity contribution is -0.452. The molecule has 0 amide bonds. The van der Waals surface area contributed by atoms with Crippen LogP contribution in [0.5, 0.6) is 0 Å². The molecule has 0 aromatic heterocycles. The summed E-state index contributed by atoms with van der Waals surface area (Å²) < 4.78 is 0. The van der Waals surface area contributed by atoms with Crippen LogP contribution >= 0.6 is 0 Å². The van der Waals surface area contributed by atoms with E-state index in [1.54, 1.807) is 0 Å². The number of hydrogen-bond acceptors (Lipinski definition) is 3. The van der Waals surface area contributed by atoms with Crippen LogP contribution in [0.4, 0.5) is 0 Å². The van der Waals surface area contributed by atoms with Crippen molar-refractivity contribution in [3.8, 4) is 0 Å². The third-order valence-electron chi connectivity index (χ3n) is 0.346. The van der Waals surface area contributed by atoms with Gasteiger partial charge in [-0.3, -0.25) is 0 Å². The third kappa shape index (κ3) is 0.576. The van der Waals surface area contributed by atoms with Crippen LogP contribution in [0, 0.1) is 0 Å². The Balaban J connectivity index is 2.08. The first kappa shape index (κ1) is 3.08. The van der Waals surface area contributed by atoms with E-state index in [0.29, 0.717) is 13.2 Å². The molecule has 3 heteroatoms. The Labute approximate surface area is 29.3 Å². The maximum atomic E-state index is 4.22. The van der Waals surface area contributed by atoms with Crippen LogP contribution < -0.4 is 0 Å². The third-order valence-corrected chi connectivity index (χ3v) is 0.346. The minimum absolute atomic E-state index is 0.556. The first-order chi connectivity index (χ1) is 2.50. The zero-order valence-electron chi connectivity index (χ0n) is 2.64. The van der Waals surface area contributed by atoms with Crippen molar-refractivity contribution in [3.05, 3.63) is 0 Å². The molecule has 0 bridgehead atoms. The molecule has 30 valence electrons. The molecule has 0 spiro atoms. The minimum atomic E-state index is 0.556. The van der Waals surface area contributed by atoms with E-state index in [4.69, 9.17) is 0 Å². The first-order valence-corrected chi connectivity index (χ1v) is 1.41. The highest BCUT2D eigenvalue weighted by Gasteiger charge is 1.96. The Morgan fingerprint density at radius 3 is 1.80 bits per heavy atom. The molecular formula is C2H4O3. The topological polar surface area (TPSA) is 27.7 Å². The molecule has 0 aliphatic carbocycles. The molecule has 1 rings (SSSR count). The Morgan fingerprint density at radius 1 is 1.00 bits per heavy atom. The molecule has 1 fully saturated rings. The summed E-state index contributed by atoms with van der Waals surface area (Å²) in [5.74, 6) is 0. The van der Waals surface area contributed by atoms with Gasteiger partial charge in [-0.15, -0.1) is 0 Å². The van der Waals surface area contributed by atoms with Gasteiger partial charge in [0.25, 0.3) is 0 Å². The largest absolute Gasteiger partial charge is 0.204 e. The summed E-state index contributed by atoms with van der Waals surface area (Å²) >= 11 is 0. The monoisotopic (exact) mass is 76.0 g/mol. The second kappa shape index (κ2) is 1.35. The second-order valence-electron chi connectivity index (χ2n) is 0.712. The normalized spacial score (nSPS) is 24.0. The predicted octanol–water partition coefficient (Wildman–Crippen LogP) is -0.120. The summed E-state index contributed by atoms with van der Waals surface area (Å²) in [6, 6.07) is 0. The van der Waals surface area contributed by atoms with Crippen LogP contribution in [0.2, 0.25) is 0 Å². The summed E-state index contributed by atoms with van der Waals surface area (Å²) in [6.45, 7) is 1.11. The fraction of sp³-hybridized carbons (Fsp3) is 1.00. The van der Waals surface area contributed by atoms with Crippen molar-refractivity contribution >= 4 is 0 Å². The van der Waals surface area contributed by atoms with Crippen molar-refractivity contribution in [1.82, 2.24) is 0 Å². The van der Waals surface area contributed by atoms with Crippen molar-refractivity contribution < 1.29 is 14.8 Å². The molecule has 0 N–H and O–H groups in total. The molecule has 3 nitrogen and oxygen atoms in total. The van der Waals surface area contributed by atoms with Gasteiger partial charge < -0.3 is 0 Å². The van der Waals surface area contributed by atoms with Crippen LogP contribution in [-0.2, 0) is 14.8 Å². The van der Waals surface area contributed by atoms with Crippen LogP contribution in [-0.4, -0.2) is 13.2 Å². The fourth-order valence-corrected chi connectivity index (χ4v) is 0.170. The summed E-state index contributed by atoms with van der Waals surface area (Å²) in [6.07, 6.45) is 0.